The van der Waals surface area contributed by atoms with Gasteiger partial charge in [0, 0.05) is 63.1 Å². The highest BCUT2D eigenvalue weighted by Crippen LogP contribution is 1.98. The molecule has 0 heterocycles. The van der Waals surface area contributed by atoms with Crippen molar-refractivity contribution in [2.45, 2.75) is 45.4 Å². The minimum atomic E-state index is -0.704. The first kappa shape index (κ1) is 49.7. The molecule has 0 fully saturated rings. The molecule has 0 bridgehead atoms. The van der Waals surface area contributed by atoms with Crippen molar-refractivity contribution in [3.8, 4) is 0 Å². The van der Waals surface area contributed by atoms with Gasteiger partial charge in [0.2, 0.25) is 41.4 Å². The monoisotopic (exact) mass is 879 g/mol. The largest absolute Gasteiger partial charge is 0.380 e. The summed E-state index contributed by atoms with van der Waals surface area (Å²) < 4.78 is 21.6. The number of halogens is 1. The van der Waals surface area contributed by atoms with Crippen molar-refractivity contribution in [2.24, 2.45) is 0 Å². The molecule has 0 aromatic heterocycles. The fraction of sp³-hybridized carbons (Fsp3) is 0.767. The van der Waals surface area contributed by atoms with Crippen molar-refractivity contribution < 1.29 is 73.3 Å². The number of carbonyl (C=O) groups excluding carboxylic acids is 7. The summed E-state index contributed by atoms with van der Waals surface area (Å²) in [5.74, 6) is -3.78. The number of alkyl halides is 1. The van der Waals surface area contributed by atoms with E-state index in [9.17, 15) is 54.4 Å². The van der Waals surface area contributed by atoms with Crippen LogP contribution in [-0.2, 0) is 52.5 Å². The van der Waals surface area contributed by atoms with Crippen LogP contribution in [0, 0.1) is 0 Å². The smallest absolute Gasteiger partial charge is 0.248 e. The van der Waals surface area contributed by atoms with Crippen LogP contribution >= 0.6 is 22.6 Å². The third-order valence-electron chi connectivity index (χ3n) is 6.64. The van der Waals surface area contributed by atoms with E-state index >= 15 is 0 Å². The molecule has 0 saturated heterocycles. The van der Waals surface area contributed by atoms with Crippen molar-refractivity contribution >= 4 is 63.9 Å². The van der Waals surface area contributed by atoms with Crippen LogP contribution in [0.15, 0.2) is 0 Å². The minimum Gasteiger partial charge on any atom is -0.380 e. The number of rotatable bonds is 32. The molecular formula is C30H54IN7O15. The van der Waals surface area contributed by atoms with E-state index in [0.29, 0.717) is 26.9 Å². The Kier molecular flexibility index (Phi) is 30.2. The Morgan fingerprint density at radius 2 is 0.811 bits per heavy atom. The molecule has 0 saturated carbocycles. The maximum atomic E-state index is 12.1. The molecule has 7 N–H and O–H groups in total. The molecule has 0 aliphatic heterocycles. The van der Waals surface area contributed by atoms with Crippen LogP contribution in [-0.4, -0.2) is 186 Å². The Bertz CT molecular complexity index is 1110. The molecule has 306 valence electrons. The summed E-state index contributed by atoms with van der Waals surface area (Å²) in [6, 6.07) is 0. The van der Waals surface area contributed by atoms with E-state index in [1.54, 1.807) is 0 Å². The van der Waals surface area contributed by atoms with E-state index in [4.69, 9.17) is 18.9 Å². The van der Waals surface area contributed by atoms with E-state index in [1.807, 2.05) is 0 Å². The predicted molar refractivity (Wildman–Crippen MR) is 189 cm³/mol. The molecule has 23 heteroatoms. The van der Waals surface area contributed by atoms with Gasteiger partial charge >= 0.3 is 0 Å². The summed E-state index contributed by atoms with van der Waals surface area (Å²) in [5.41, 5.74) is 0. The van der Waals surface area contributed by atoms with Gasteiger partial charge in [-0.25, -0.2) is 20.3 Å². The van der Waals surface area contributed by atoms with Crippen LogP contribution in [0.1, 0.15) is 45.4 Å². The molecule has 0 atom stereocenters. The van der Waals surface area contributed by atoms with Gasteiger partial charge in [-0.05, 0) is 0 Å². The first-order valence-electron chi connectivity index (χ1n) is 16.9. The lowest BCUT2D eigenvalue weighted by Crippen LogP contribution is -2.35. The molecular weight excluding hydrogens is 825 g/mol. The highest BCUT2D eigenvalue weighted by Gasteiger charge is 2.15. The molecule has 0 aromatic rings. The normalized spacial score (nSPS) is 10.7. The standard InChI is InChI=1S/C30H54IN7O15/c1-24(39)35(46)13-21-51-18-9-32-25(40)2-4-28(43)37(48)14-22-52-19-10-33-26(41)3-5-29(44)38(49)15-23-53-20-11-34-27(42)6-12-36(47)30(45)7-16-50-17-8-31/h46-49H,2-23H2,1H3,(H,32,40)(H,33,41)(H,34,42). The molecule has 22 nitrogen and oxygen atoms in total. The number of amides is 7. The molecule has 0 aromatic carbocycles. The predicted octanol–water partition coefficient (Wildman–Crippen LogP) is -1.93. The number of carbonyl (C=O) groups is 7. The van der Waals surface area contributed by atoms with Gasteiger partial charge in [-0.15, -0.1) is 0 Å². The highest BCUT2D eigenvalue weighted by atomic mass is 127. The number of hydroxylamine groups is 8. The van der Waals surface area contributed by atoms with Gasteiger partial charge in [0.05, 0.1) is 85.5 Å². The summed E-state index contributed by atoms with van der Waals surface area (Å²) >= 11 is 2.13. The van der Waals surface area contributed by atoms with E-state index in [0.717, 1.165) is 4.43 Å². The van der Waals surface area contributed by atoms with Crippen LogP contribution in [0.4, 0.5) is 0 Å². The quantitative estimate of drug-likeness (QED) is 0.0127. The average Bonchev–Trinajstić information content (AvgIpc) is 3.13. The molecule has 0 unspecified atom stereocenters. The van der Waals surface area contributed by atoms with Crippen molar-refractivity contribution in [2.75, 3.05) is 103 Å². The zero-order chi connectivity index (χ0) is 39.9. The van der Waals surface area contributed by atoms with Gasteiger partial charge in [-0.3, -0.25) is 54.4 Å². The zero-order valence-corrected chi connectivity index (χ0v) is 32.2. The summed E-state index contributed by atoms with van der Waals surface area (Å²) in [6.07, 6.45) is -1.00. The van der Waals surface area contributed by atoms with Crippen LogP contribution in [0.25, 0.3) is 0 Å². The average molecular weight is 880 g/mol. The van der Waals surface area contributed by atoms with E-state index in [1.165, 1.54) is 6.92 Å². The maximum Gasteiger partial charge on any atom is 0.248 e. The molecule has 0 radical (unpaired) electrons. The Labute approximate surface area is 321 Å². The van der Waals surface area contributed by atoms with E-state index in [-0.39, 0.29) is 131 Å². The van der Waals surface area contributed by atoms with Crippen LogP contribution in [0.3, 0.4) is 0 Å². The first-order chi connectivity index (χ1) is 25.3. The topological polar surface area (TPSA) is 286 Å². The molecule has 0 aliphatic rings. The summed E-state index contributed by atoms with van der Waals surface area (Å²) in [4.78, 5) is 82.3. The SMILES string of the molecule is CC(=O)N(O)CCOCCNC(=O)CCC(=O)N(O)CCOCCNC(=O)CCC(=O)N(O)CCOCCNC(=O)CCN(O)C(=O)CCOCCI. The second-order valence-corrected chi connectivity index (χ2v) is 12.0. The molecule has 7 amide bonds. The fourth-order valence-electron chi connectivity index (χ4n) is 3.70. The number of hydrogen-bond donors (Lipinski definition) is 7. The second kappa shape index (κ2) is 32.2. The van der Waals surface area contributed by atoms with Gasteiger partial charge in [0.1, 0.15) is 0 Å². The minimum absolute atomic E-state index is 0.00255. The van der Waals surface area contributed by atoms with Crippen molar-refractivity contribution in [1.82, 2.24) is 36.2 Å². The fourth-order valence-corrected chi connectivity index (χ4v) is 4.01. The number of nitrogens with zero attached hydrogens (tertiary/aromatic N) is 4. The van der Waals surface area contributed by atoms with Crippen LogP contribution in [0.2, 0.25) is 0 Å². The zero-order valence-electron chi connectivity index (χ0n) is 30.0. The summed E-state index contributed by atoms with van der Waals surface area (Å²) in [6.45, 7) is 1.96. The van der Waals surface area contributed by atoms with Gasteiger partial charge in [0.25, 0.3) is 0 Å². The number of ether oxygens (including phenoxy) is 4. The lowest BCUT2D eigenvalue weighted by atomic mass is 10.2. The van der Waals surface area contributed by atoms with Gasteiger partial charge in [-0.2, -0.15) is 0 Å². The van der Waals surface area contributed by atoms with Crippen molar-refractivity contribution in [3.05, 3.63) is 0 Å². The Morgan fingerprint density at radius 3 is 1.23 bits per heavy atom. The molecule has 0 rings (SSSR count). The Hall–Kier alpha value is -3.30. The van der Waals surface area contributed by atoms with Gasteiger partial charge in [0.15, 0.2) is 0 Å². The number of nitrogens with one attached hydrogen (secondary N) is 3. The lowest BCUT2D eigenvalue weighted by molar-refractivity contribution is -0.168. The second-order valence-electron chi connectivity index (χ2n) is 10.9. The van der Waals surface area contributed by atoms with Crippen LogP contribution in [0.5, 0.6) is 0 Å². The molecule has 0 spiro atoms. The third kappa shape index (κ3) is 28.8. The summed E-state index contributed by atoms with van der Waals surface area (Å²) in [5, 5.41) is 48.0. The number of hydrogen-bond acceptors (Lipinski definition) is 15. The highest BCUT2D eigenvalue weighted by molar-refractivity contribution is 14.1. The molecule has 53 heavy (non-hydrogen) atoms. The lowest BCUT2D eigenvalue weighted by Gasteiger charge is -2.16. The van der Waals surface area contributed by atoms with E-state index in [2.05, 4.69) is 38.5 Å². The van der Waals surface area contributed by atoms with E-state index < -0.39 is 41.4 Å². The van der Waals surface area contributed by atoms with Crippen molar-refractivity contribution in [1.29, 1.82) is 0 Å². The van der Waals surface area contributed by atoms with Gasteiger partial charge < -0.3 is 34.9 Å². The maximum absolute atomic E-state index is 12.1. The molecule has 0 aliphatic carbocycles. The first-order valence-corrected chi connectivity index (χ1v) is 18.4. The van der Waals surface area contributed by atoms with Crippen LogP contribution < -0.4 is 16.0 Å². The summed E-state index contributed by atoms with van der Waals surface area (Å²) in [7, 11) is 0. The Balaban J connectivity index is 3.81. The Morgan fingerprint density at radius 1 is 0.453 bits per heavy atom. The third-order valence-corrected chi connectivity index (χ3v) is 7.08. The van der Waals surface area contributed by atoms with Crippen molar-refractivity contribution in [3.63, 3.8) is 0 Å². The van der Waals surface area contributed by atoms with Gasteiger partial charge in [-0.1, -0.05) is 22.6 Å².